The van der Waals surface area contributed by atoms with Crippen LogP contribution in [0.2, 0.25) is 0 Å². The van der Waals surface area contributed by atoms with Crippen LogP contribution >= 0.6 is 0 Å². The molecule has 0 unspecified atom stereocenters. The number of ether oxygens (including phenoxy) is 1. The highest BCUT2D eigenvalue weighted by atomic mass is 19.1. The normalized spacial score (nSPS) is 15.1. The van der Waals surface area contributed by atoms with Gasteiger partial charge in [0.05, 0.1) is 6.61 Å². The number of halogens is 1. The van der Waals surface area contributed by atoms with E-state index in [-0.39, 0.29) is 18.1 Å². The second-order valence-corrected chi connectivity index (χ2v) is 6.03. The monoisotopic (exact) mass is 327 g/mol. The van der Waals surface area contributed by atoms with E-state index in [0.29, 0.717) is 5.56 Å². The molecule has 0 fully saturated rings. The topological polar surface area (TPSA) is 47.9 Å². The molecule has 0 atom stereocenters. The maximum absolute atomic E-state index is 13.1. The maximum atomic E-state index is 13.1. The molecule has 0 saturated carbocycles. The lowest BCUT2D eigenvalue weighted by atomic mass is 9.87. The van der Waals surface area contributed by atoms with E-state index in [2.05, 4.69) is 5.16 Å². The first-order chi connectivity index (χ1) is 11.4. The smallest absolute Gasteiger partial charge is 0.361 e. The summed E-state index contributed by atoms with van der Waals surface area (Å²) in [5, 5.41) is 3.95. The van der Waals surface area contributed by atoms with E-state index < -0.39 is 11.6 Å². The zero-order valence-electron chi connectivity index (χ0n) is 13.8. The molecular formula is C19H18FNO3. The Labute approximate surface area is 139 Å². The Morgan fingerprint density at radius 2 is 1.83 bits per heavy atom. The fourth-order valence-electron chi connectivity index (χ4n) is 2.68. The van der Waals surface area contributed by atoms with E-state index in [9.17, 15) is 9.18 Å². The number of hydrogen-bond donors (Lipinski definition) is 0. The largest absolute Gasteiger partial charge is 0.461 e. The van der Waals surface area contributed by atoms with Gasteiger partial charge in [0.25, 0.3) is 0 Å². The lowest BCUT2D eigenvalue weighted by Gasteiger charge is -2.30. The van der Waals surface area contributed by atoms with Crippen LogP contribution in [-0.4, -0.2) is 18.3 Å². The molecular weight excluding hydrogens is 309 g/mol. The van der Waals surface area contributed by atoms with Gasteiger partial charge in [0.15, 0.2) is 11.3 Å². The molecule has 0 spiro atoms. The molecule has 0 bridgehead atoms. The molecule has 24 heavy (non-hydrogen) atoms. The highest BCUT2D eigenvalue weighted by molar-refractivity contribution is 6.43. The molecule has 0 radical (unpaired) electrons. The standard InChI is InChI=1S/C19H18FNO3/c1-4-23-18(22)17-15-10-7-13(12-5-8-14(20)9-6-12)11-16(15)19(2,3)24-21-17/h5-11H,4H2,1-3H3. The van der Waals surface area contributed by atoms with Crippen LogP contribution in [0.3, 0.4) is 0 Å². The Hall–Kier alpha value is -2.69. The van der Waals surface area contributed by atoms with Gasteiger partial charge in [0.2, 0.25) is 0 Å². The maximum Gasteiger partial charge on any atom is 0.361 e. The molecule has 2 aromatic rings. The van der Waals surface area contributed by atoms with E-state index in [1.807, 2.05) is 32.0 Å². The zero-order valence-corrected chi connectivity index (χ0v) is 13.8. The molecule has 1 aliphatic rings. The van der Waals surface area contributed by atoms with Crippen molar-refractivity contribution in [1.82, 2.24) is 0 Å². The van der Waals surface area contributed by atoms with Crippen molar-refractivity contribution in [3.63, 3.8) is 0 Å². The Kier molecular flexibility index (Phi) is 4.09. The average molecular weight is 327 g/mol. The third-order valence-electron chi connectivity index (χ3n) is 3.93. The lowest BCUT2D eigenvalue weighted by Crippen LogP contribution is -2.32. The average Bonchev–Trinajstić information content (AvgIpc) is 2.55. The first kappa shape index (κ1) is 16.2. The Morgan fingerprint density at radius 1 is 1.17 bits per heavy atom. The molecule has 124 valence electrons. The Morgan fingerprint density at radius 3 is 2.50 bits per heavy atom. The van der Waals surface area contributed by atoms with Crippen LogP contribution in [0.4, 0.5) is 4.39 Å². The minimum absolute atomic E-state index is 0.164. The van der Waals surface area contributed by atoms with Crippen LogP contribution in [0, 0.1) is 5.82 Å². The second-order valence-electron chi connectivity index (χ2n) is 6.03. The molecule has 0 aliphatic carbocycles. The SMILES string of the molecule is CCOC(=O)C1=NOC(C)(C)c2cc(-c3ccc(F)cc3)ccc21. The number of oxime groups is 1. The summed E-state index contributed by atoms with van der Waals surface area (Å²) in [7, 11) is 0. The van der Waals surface area contributed by atoms with Gasteiger partial charge in [-0.1, -0.05) is 29.4 Å². The van der Waals surface area contributed by atoms with Crippen molar-refractivity contribution >= 4 is 11.7 Å². The van der Waals surface area contributed by atoms with E-state index in [1.54, 1.807) is 19.1 Å². The van der Waals surface area contributed by atoms with Crippen LogP contribution < -0.4 is 0 Å². The summed E-state index contributed by atoms with van der Waals surface area (Å²) in [6.45, 7) is 5.77. The number of hydrogen-bond acceptors (Lipinski definition) is 4. The highest BCUT2D eigenvalue weighted by Gasteiger charge is 2.35. The fourth-order valence-corrected chi connectivity index (χ4v) is 2.68. The molecule has 5 heteroatoms. The molecule has 1 aliphatic heterocycles. The van der Waals surface area contributed by atoms with Gasteiger partial charge in [0.1, 0.15) is 5.82 Å². The number of rotatable bonds is 3. The van der Waals surface area contributed by atoms with Gasteiger partial charge in [-0.05, 0) is 50.1 Å². The second kappa shape index (κ2) is 6.07. The summed E-state index contributed by atoms with van der Waals surface area (Å²) in [6, 6.07) is 11.9. The first-order valence-electron chi connectivity index (χ1n) is 7.76. The lowest BCUT2D eigenvalue weighted by molar-refractivity contribution is -0.135. The van der Waals surface area contributed by atoms with Gasteiger partial charge in [-0.2, -0.15) is 0 Å². The van der Waals surface area contributed by atoms with Gasteiger partial charge >= 0.3 is 5.97 Å². The van der Waals surface area contributed by atoms with Crippen LogP contribution in [0.1, 0.15) is 31.9 Å². The van der Waals surface area contributed by atoms with Gasteiger partial charge in [0, 0.05) is 11.1 Å². The van der Waals surface area contributed by atoms with Crippen molar-refractivity contribution in [2.24, 2.45) is 5.16 Å². The summed E-state index contributed by atoms with van der Waals surface area (Å²) in [5.41, 5.74) is 2.81. The molecule has 0 aromatic heterocycles. The summed E-state index contributed by atoms with van der Waals surface area (Å²) in [6.07, 6.45) is 0. The number of carbonyl (C=O) groups excluding carboxylic acids is 1. The molecule has 2 aromatic carbocycles. The summed E-state index contributed by atoms with van der Waals surface area (Å²) in [5.74, 6) is -0.791. The van der Waals surface area contributed by atoms with Crippen molar-refractivity contribution in [3.8, 4) is 11.1 Å². The van der Waals surface area contributed by atoms with Crippen molar-refractivity contribution < 1.29 is 18.8 Å². The molecule has 0 saturated heterocycles. The van der Waals surface area contributed by atoms with Gasteiger partial charge in [-0.25, -0.2) is 9.18 Å². The molecule has 0 amide bonds. The number of benzene rings is 2. The Bertz CT molecular complexity index is 810. The predicted octanol–water partition coefficient (Wildman–Crippen LogP) is 4.03. The van der Waals surface area contributed by atoms with Crippen molar-refractivity contribution in [3.05, 3.63) is 59.4 Å². The van der Waals surface area contributed by atoms with Gasteiger partial charge in [-0.15, -0.1) is 0 Å². The summed E-state index contributed by atoms with van der Waals surface area (Å²) in [4.78, 5) is 17.6. The molecule has 1 heterocycles. The summed E-state index contributed by atoms with van der Waals surface area (Å²) < 4.78 is 18.2. The number of fused-ring (bicyclic) bond motifs is 1. The van der Waals surface area contributed by atoms with E-state index in [0.717, 1.165) is 16.7 Å². The van der Waals surface area contributed by atoms with Gasteiger partial charge in [-0.3, -0.25) is 0 Å². The number of carbonyl (C=O) groups is 1. The molecule has 0 N–H and O–H groups in total. The van der Waals surface area contributed by atoms with Crippen LogP contribution in [-0.2, 0) is 20.0 Å². The van der Waals surface area contributed by atoms with Crippen molar-refractivity contribution in [2.45, 2.75) is 26.4 Å². The number of nitrogens with zero attached hydrogens (tertiary/aromatic N) is 1. The quantitative estimate of drug-likeness (QED) is 0.800. The van der Waals surface area contributed by atoms with E-state index >= 15 is 0 Å². The van der Waals surface area contributed by atoms with E-state index in [1.165, 1.54) is 12.1 Å². The molecule has 4 nitrogen and oxygen atoms in total. The molecule has 3 rings (SSSR count). The minimum atomic E-state index is -0.679. The fraction of sp³-hybridized carbons (Fsp3) is 0.263. The third kappa shape index (κ3) is 2.89. The van der Waals surface area contributed by atoms with Crippen LogP contribution in [0.5, 0.6) is 0 Å². The van der Waals surface area contributed by atoms with Crippen molar-refractivity contribution in [1.29, 1.82) is 0 Å². The highest BCUT2D eigenvalue weighted by Crippen LogP contribution is 2.35. The van der Waals surface area contributed by atoms with Gasteiger partial charge < -0.3 is 9.57 Å². The zero-order chi connectivity index (χ0) is 17.3. The van der Waals surface area contributed by atoms with Crippen LogP contribution in [0.15, 0.2) is 47.6 Å². The first-order valence-corrected chi connectivity index (χ1v) is 7.76. The minimum Gasteiger partial charge on any atom is -0.461 e. The third-order valence-corrected chi connectivity index (χ3v) is 3.93. The number of esters is 1. The van der Waals surface area contributed by atoms with E-state index in [4.69, 9.17) is 9.57 Å². The summed E-state index contributed by atoms with van der Waals surface area (Å²) >= 11 is 0. The predicted molar refractivity (Wildman–Crippen MR) is 89.1 cm³/mol. The van der Waals surface area contributed by atoms with Crippen LogP contribution in [0.25, 0.3) is 11.1 Å². The Balaban J connectivity index is 2.08. The van der Waals surface area contributed by atoms with Crippen molar-refractivity contribution in [2.75, 3.05) is 6.61 Å².